The Labute approximate surface area is 159 Å². The average Bonchev–Trinajstić information content (AvgIpc) is 2.97. The monoisotopic (exact) mass is 440 g/mol. The van der Waals surface area contributed by atoms with Gasteiger partial charge in [-0.25, -0.2) is 10.4 Å². The Balaban J connectivity index is 1.80. The van der Waals surface area contributed by atoms with E-state index in [1.54, 1.807) is 24.3 Å². The molecule has 0 bridgehead atoms. The van der Waals surface area contributed by atoms with Crippen molar-refractivity contribution < 1.29 is 23.1 Å². The number of halogens is 4. The number of aromatic nitrogens is 2. The summed E-state index contributed by atoms with van der Waals surface area (Å²) in [4.78, 5) is 15.6. The van der Waals surface area contributed by atoms with Crippen LogP contribution in [0.5, 0.6) is 5.75 Å². The minimum Gasteiger partial charge on any atom is -0.507 e. The van der Waals surface area contributed by atoms with E-state index >= 15 is 0 Å². The SMILES string of the molecule is O=C(Cn1c(C(F)(F)F)nc2ccccc21)N/N=C/c1cc(Br)ccc1O. The number of aromatic hydroxyl groups is 1. The van der Waals surface area contributed by atoms with Gasteiger partial charge >= 0.3 is 6.18 Å². The Morgan fingerprint density at radius 3 is 2.78 bits per heavy atom. The maximum Gasteiger partial charge on any atom is 0.449 e. The van der Waals surface area contributed by atoms with E-state index < -0.39 is 24.5 Å². The van der Waals surface area contributed by atoms with Gasteiger partial charge in [-0.05, 0) is 30.3 Å². The fourth-order valence-electron chi connectivity index (χ4n) is 2.43. The Kier molecular flexibility index (Phi) is 5.17. The van der Waals surface area contributed by atoms with E-state index in [4.69, 9.17) is 0 Å². The highest BCUT2D eigenvalue weighted by Crippen LogP contribution is 2.31. The van der Waals surface area contributed by atoms with Crippen LogP contribution in [0.4, 0.5) is 13.2 Å². The number of benzene rings is 2. The molecule has 3 aromatic rings. The Morgan fingerprint density at radius 1 is 1.30 bits per heavy atom. The summed E-state index contributed by atoms with van der Waals surface area (Å²) in [6.45, 7) is -0.614. The van der Waals surface area contributed by atoms with Crippen LogP contribution in [0.2, 0.25) is 0 Å². The van der Waals surface area contributed by atoms with Gasteiger partial charge in [0.1, 0.15) is 12.3 Å². The Hall–Kier alpha value is -2.88. The van der Waals surface area contributed by atoms with Crippen LogP contribution in [0, 0.1) is 0 Å². The van der Waals surface area contributed by atoms with Gasteiger partial charge in [0.05, 0.1) is 17.2 Å². The summed E-state index contributed by atoms with van der Waals surface area (Å²) in [5.74, 6) is -1.99. The number of phenols is 1. The highest BCUT2D eigenvalue weighted by molar-refractivity contribution is 9.10. The summed E-state index contributed by atoms with van der Waals surface area (Å²) in [7, 11) is 0. The molecule has 0 spiro atoms. The number of carbonyl (C=O) groups excluding carboxylic acids is 1. The zero-order valence-electron chi connectivity index (χ0n) is 13.5. The lowest BCUT2D eigenvalue weighted by molar-refractivity contribution is -0.147. The maximum absolute atomic E-state index is 13.2. The van der Waals surface area contributed by atoms with Crippen molar-refractivity contribution in [2.24, 2.45) is 5.10 Å². The molecule has 3 rings (SSSR count). The van der Waals surface area contributed by atoms with E-state index in [2.05, 4.69) is 31.4 Å². The maximum atomic E-state index is 13.2. The van der Waals surface area contributed by atoms with Crippen LogP contribution in [0.15, 0.2) is 52.0 Å². The van der Waals surface area contributed by atoms with Gasteiger partial charge in [-0.1, -0.05) is 28.1 Å². The van der Waals surface area contributed by atoms with Crippen molar-refractivity contribution in [3.05, 3.63) is 58.3 Å². The van der Waals surface area contributed by atoms with Gasteiger partial charge in [0.25, 0.3) is 5.91 Å². The summed E-state index contributed by atoms with van der Waals surface area (Å²) in [5, 5.41) is 13.4. The zero-order chi connectivity index (χ0) is 19.6. The molecule has 1 amide bonds. The fraction of sp³-hybridized carbons (Fsp3) is 0.118. The number of hydrogen-bond donors (Lipinski definition) is 2. The van der Waals surface area contributed by atoms with Crippen LogP contribution >= 0.6 is 15.9 Å². The number of para-hydroxylation sites is 2. The van der Waals surface area contributed by atoms with E-state index in [9.17, 15) is 23.1 Å². The largest absolute Gasteiger partial charge is 0.507 e. The molecule has 0 saturated carbocycles. The lowest BCUT2D eigenvalue weighted by Gasteiger charge is -2.10. The van der Waals surface area contributed by atoms with Gasteiger partial charge < -0.3 is 9.67 Å². The highest BCUT2D eigenvalue weighted by atomic mass is 79.9. The van der Waals surface area contributed by atoms with Crippen LogP contribution in [0.25, 0.3) is 11.0 Å². The third-order valence-electron chi connectivity index (χ3n) is 3.59. The zero-order valence-corrected chi connectivity index (χ0v) is 15.1. The number of nitrogens with zero attached hydrogens (tertiary/aromatic N) is 3. The summed E-state index contributed by atoms with van der Waals surface area (Å²) < 4.78 is 41.1. The van der Waals surface area contributed by atoms with Crippen molar-refractivity contribution in [1.82, 2.24) is 15.0 Å². The smallest absolute Gasteiger partial charge is 0.449 e. The standard InChI is InChI=1S/C17H12BrF3N4O2/c18-11-5-6-14(26)10(7-11)8-22-24-15(27)9-25-13-4-2-1-3-12(13)23-16(25)17(19,20)21/h1-8,26H,9H2,(H,24,27)/b22-8+. The first-order chi connectivity index (χ1) is 12.8. The number of nitrogens with one attached hydrogen (secondary N) is 1. The Bertz CT molecular complexity index is 1030. The molecule has 2 N–H and O–H groups in total. The summed E-state index contributed by atoms with van der Waals surface area (Å²) in [5.41, 5.74) is 2.80. The van der Waals surface area contributed by atoms with Gasteiger partial charge in [-0.3, -0.25) is 4.79 Å². The van der Waals surface area contributed by atoms with Crippen LogP contribution in [0.3, 0.4) is 0 Å². The second-order valence-corrected chi connectivity index (χ2v) is 6.42. The van der Waals surface area contributed by atoms with Crippen molar-refractivity contribution >= 4 is 39.1 Å². The van der Waals surface area contributed by atoms with E-state index in [1.165, 1.54) is 24.4 Å². The van der Waals surface area contributed by atoms with E-state index in [0.29, 0.717) is 10.0 Å². The van der Waals surface area contributed by atoms with Gasteiger partial charge in [0.2, 0.25) is 5.82 Å². The molecule has 0 aliphatic carbocycles. The van der Waals surface area contributed by atoms with E-state index in [1.807, 2.05) is 0 Å². The number of amides is 1. The van der Waals surface area contributed by atoms with Crippen molar-refractivity contribution in [2.45, 2.75) is 12.7 Å². The minimum absolute atomic E-state index is 0.0591. The predicted molar refractivity (Wildman–Crippen MR) is 96.3 cm³/mol. The fourth-order valence-corrected chi connectivity index (χ4v) is 2.81. The minimum atomic E-state index is -4.70. The molecule has 2 aromatic carbocycles. The molecular weight excluding hydrogens is 429 g/mol. The van der Waals surface area contributed by atoms with E-state index in [-0.39, 0.29) is 16.8 Å². The van der Waals surface area contributed by atoms with E-state index in [0.717, 1.165) is 4.57 Å². The third kappa shape index (κ3) is 4.27. The average molecular weight is 441 g/mol. The molecule has 0 saturated heterocycles. The molecule has 10 heteroatoms. The van der Waals surface area contributed by atoms with Crippen molar-refractivity contribution in [1.29, 1.82) is 0 Å². The molecule has 0 unspecified atom stereocenters. The first-order valence-electron chi connectivity index (χ1n) is 7.58. The van der Waals surface area contributed by atoms with Gasteiger partial charge in [-0.2, -0.15) is 18.3 Å². The second kappa shape index (κ2) is 7.39. The number of hydrazone groups is 1. The van der Waals surface area contributed by atoms with Gasteiger partial charge in [-0.15, -0.1) is 0 Å². The summed E-state index contributed by atoms with van der Waals surface area (Å²) >= 11 is 3.23. The Morgan fingerprint density at radius 2 is 2.04 bits per heavy atom. The molecule has 1 aromatic heterocycles. The van der Waals surface area contributed by atoms with Crippen LogP contribution in [0.1, 0.15) is 11.4 Å². The predicted octanol–water partition coefficient (Wildman–Crippen LogP) is 3.67. The quantitative estimate of drug-likeness (QED) is 0.479. The lowest BCUT2D eigenvalue weighted by atomic mass is 10.2. The van der Waals surface area contributed by atoms with Crippen LogP contribution in [-0.4, -0.2) is 26.8 Å². The molecule has 0 aliphatic rings. The molecule has 27 heavy (non-hydrogen) atoms. The second-order valence-electron chi connectivity index (χ2n) is 5.50. The highest BCUT2D eigenvalue weighted by Gasteiger charge is 2.37. The normalized spacial score (nSPS) is 12.0. The van der Waals surface area contributed by atoms with Crippen molar-refractivity contribution in [2.75, 3.05) is 0 Å². The number of alkyl halides is 3. The number of rotatable bonds is 4. The molecular formula is C17H12BrF3N4O2. The number of imidazole rings is 1. The van der Waals surface area contributed by atoms with Crippen LogP contribution < -0.4 is 5.43 Å². The summed E-state index contributed by atoms with van der Waals surface area (Å²) in [6, 6.07) is 10.6. The number of fused-ring (bicyclic) bond motifs is 1. The molecule has 0 atom stereocenters. The first kappa shape index (κ1) is 18.9. The molecule has 0 fully saturated rings. The van der Waals surface area contributed by atoms with Crippen molar-refractivity contribution in [3.63, 3.8) is 0 Å². The van der Waals surface area contributed by atoms with Gasteiger partial charge in [0, 0.05) is 10.0 Å². The molecule has 140 valence electrons. The number of carbonyl (C=O) groups is 1. The molecule has 6 nitrogen and oxygen atoms in total. The van der Waals surface area contributed by atoms with Crippen molar-refractivity contribution in [3.8, 4) is 5.75 Å². The molecule has 1 heterocycles. The van der Waals surface area contributed by atoms with Crippen LogP contribution in [-0.2, 0) is 17.5 Å². The number of phenolic OH excluding ortho intramolecular Hbond substituents is 1. The topological polar surface area (TPSA) is 79.5 Å². The third-order valence-corrected chi connectivity index (χ3v) is 4.09. The lowest BCUT2D eigenvalue weighted by Crippen LogP contribution is -2.26. The molecule has 0 aliphatic heterocycles. The molecule has 0 radical (unpaired) electrons. The number of hydrogen-bond acceptors (Lipinski definition) is 4. The van der Waals surface area contributed by atoms with Gasteiger partial charge in [0.15, 0.2) is 0 Å². The first-order valence-corrected chi connectivity index (χ1v) is 8.38. The summed E-state index contributed by atoms with van der Waals surface area (Å²) in [6.07, 6.45) is -3.51.